The minimum atomic E-state index is 0.675. The molecule has 0 bridgehead atoms. The highest BCUT2D eigenvalue weighted by Crippen LogP contribution is 2.21. The van der Waals surface area contributed by atoms with Crippen molar-refractivity contribution in [3.8, 4) is 11.1 Å². The van der Waals surface area contributed by atoms with E-state index in [4.69, 9.17) is 0 Å². The Hall–Kier alpha value is -1.96. The average molecular weight is 197 g/mol. The van der Waals surface area contributed by atoms with Gasteiger partial charge in [-0.1, -0.05) is 29.8 Å². The highest BCUT2D eigenvalue weighted by atomic mass is 16.1. The number of carbonyl (C=O) groups excluding carboxylic acids is 1. The van der Waals surface area contributed by atoms with Gasteiger partial charge in [0.05, 0.1) is 0 Å². The molecule has 15 heavy (non-hydrogen) atoms. The maximum Gasteiger partial charge on any atom is 0.150 e. The fourth-order valence-corrected chi connectivity index (χ4v) is 1.48. The second-order valence-corrected chi connectivity index (χ2v) is 3.45. The second kappa shape index (κ2) is 4.05. The summed E-state index contributed by atoms with van der Waals surface area (Å²) in [7, 11) is 0. The standard InChI is InChI=1S/C13H11NO/c1-10-2-4-11(5-3-10)13-8-14-7-6-12(13)9-15/h2-9H,1H3. The fourth-order valence-electron chi connectivity index (χ4n) is 1.48. The number of nitrogens with zero attached hydrogens (tertiary/aromatic N) is 1. The SMILES string of the molecule is Cc1ccc(-c2cnccc2C=O)cc1. The molecule has 2 rings (SSSR count). The molecule has 0 aliphatic heterocycles. The highest BCUT2D eigenvalue weighted by Gasteiger charge is 2.03. The Morgan fingerprint density at radius 1 is 1.13 bits per heavy atom. The van der Waals surface area contributed by atoms with E-state index in [0.29, 0.717) is 5.56 Å². The lowest BCUT2D eigenvalue weighted by Crippen LogP contribution is -1.88. The van der Waals surface area contributed by atoms with Crippen LogP contribution in [0.25, 0.3) is 11.1 Å². The van der Waals surface area contributed by atoms with E-state index in [1.807, 2.05) is 31.2 Å². The van der Waals surface area contributed by atoms with Crippen LogP contribution in [0.4, 0.5) is 0 Å². The van der Waals surface area contributed by atoms with Gasteiger partial charge in [0, 0.05) is 23.5 Å². The maximum atomic E-state index is 10.8. The van der Waals surface area contributed by atoms with Gasteiger partial charge in [0.25, 0.3) is 0 Å². The molecule has 0 aliphatic carbocycles. The van der Waals surface area contributed by atoms with Crippen LogP contribution in [0.1, 0.15) is 15.9 Å². The van der Waals surface area contributed by atoms with E-state index < -0.39 is 0 Å². The van der Waals surface area contributed by atoms with Gasteiger partial charge >= 0.3 is 0 Å². The van der Waals surface area contributed by atoms with Crippen LogP contribution >= 0.6 is 0 Å². The Balaban J connectivity index is 2.53. The number of rotatable bonds is 2. The molecule has 0 atom stereocenters. The number of aromatic nitrogens is 1. The van der Waals surface area contributed by atoms with Crippen LogP contribution in [0.15, 0.2) is 42.7 Å². The smallest absolute Gasteiger partial charge is 0.150 e. The van der Waals surface area contributed by atoms with Gasteiger partial charge in [-0.15, -0.1) is 0 Å². The largest absolute Gasteiger partial charge is 0.298 e. The first-order valence-corrected chi connectivity index (χ1v) is 4.77. The quantitative estimate of drug-likeness (QED) is 0.693. The van der Waals surface area contributed by atoms with Crippen LogP contribution in [0.3, 0.4) is 0 Å². The van der Waals surface area contributed by atoms with Gasteiger partial charge in [-0.2, -0.15) is 0 Å². The molecule has 0 saturated heterocycles. The lowest BCUT2D eigenvalue weighted by molar-refractivity contribution is 0.112. The zero-order valence-corrected chi connectivity index (χ0v) is 8.47. The number of aldehydes is 1. The third-order valence-electron chi connectivity index (χ3n) is 2.34. The first-order chi connectivity index (χ1) is 7.31. The molecule has 0 aliphatic rings. The van der Waals surface area contributed by atoms with Gasteiger partial charge in [-0.05, 0) is 18.6 Å². The molecule has 0 spiro atoms. The third kappa shape index (κ3) is 1.94. The van der Waals surface area contributed by atoms with Crippen LogP contribution in [0.5, 0.6) is 0 Å². The topological polar surface area (TPSA) is 30.0 Å². The molecule has 2 aromatic rings. The molecule has 0 saturated carbocycles. The summed E-state index contributed by atoms with van der Waals surface area (Å²) in [5, 5.41) is 0. The van der Waals surface area contributed by atoms with Gasteiger partial charge < -0.3 is 0 Å². The maximum absolute atomic E-state index is 10.8. The molecule has 0 fully saturated rings. The van der Waals surface area contributed by atoms with Crippen molar-refractivity contribution >= 4 is 6.29 Å². The number of hydrogen-bond acceptors (Lipinski definition) is 2. The van der Waals surface area contributed by atoms with Crippen LogP contribution in [0, 0.1) is 6.92 Å². The summed E-state index contributed by atoms with van der Waals surface area (Å²) in [6.45, 7) is 2.04. The van der Waals surface area contributed by atoms with E-state index in [9.17, 15) is 4.79 Å². The highest BCUT2D eigenvalue weighted by molar-refractivity contribution is 5.86. The van der Waals surface area contributed by atoms with Crippen LogP contribution in [-0.4, -0.2) is 11.3 Å². The molecule has 1 aromatic carbocycles. The van der Waals surface area contributed by atoms with Crippen molar-refractivity contribution in [2.45, 2.75) is 6.92 Å². The van der Waals surface area contributed by atoms with Gasteiger partial charge in [-0.3, -0.25) is 9.78 Å². The predicted molar refractivity (Wildman–Crippen MR) is 59.8 cm³/mol. The van der Waals surface area contributed by atoms with Crippen molar-refractivity contribution in [3.05, 3.63) is 53.9 Å². The van der Waals surface area contributed by atoms with Crippen LogP contribution < -0.4 is 0 Å². The summed E-state index contributed by atoms with van der Waals surface area (Å²) in [5.41, 5.74) is 3.78. The molecule has 0 amide bonds. The Morgan fingerprint density at radius 2 is 1.87 bits per heavy atom. The first-order valence-electron chi connectivity index (χ1n) is 4.77. The van der Waals surface area contributed by atoms with Gasteiger partial charge in [0.2, 0.25) is 0 Å². The minimum Gasteiger partial charge on any atom is -0.298 e. The zero-order chi connectivity index (χ0) is 10.7. The molecule has 1 aromatic heterocycles. The van der Waals surface area contributed by atoms with E-state index in [1.54, 1.807) is 18.5 Å². The molecular weight excluding hydrogens is 186 g/mol. The monoisotopic (exact) mass is 197 g/mol. The van der Waals surface area contributed by atoms with Crippen LogP contribution in [-0.2, 0) is 0 Å². The van der Waals surface area contributed by atoms with Crippen molar-refractivity contribution in [2.75, 3.05) is 0 Å². The second-order valence-electron chi connectivity index (χ2n) is 3.45. The number of hydrogen-bond donors (Lipinski definition) is 0. The first kappa shape index (κ1) is 9.59. The van der Waals surface area contributed by atoms with Gasteiger partial charge in [0.1, 0.15) is 0 Å². The summed E-state index contributed by atoms with van der Waals surface area (Å²) < 4.78 is 0. The molecule has 0 unspecified atom stereocenters. The van der Waals surface area contributed by atoms with E-state index >= 15 is 0 Å². The van der Waals surface area contributed by atoms with E-state index in [-0.39, 0.29) is 0 Å². The van der Waals surface area contributed by atoms with Crippen molar-refractivity contribution in [2.24, 2.45) is 0 Å². The van der Waals surface area contributed by atoms with E-state index in [2.05, 4.69) is 4.98 Å². The van der Waals surface area contributed by atoms with Gasteiger partial charge in [-0.25, -0.2) is 0 Å². The third-order valence-corrected chi connectivity index (χ3v) is 2.34. The number of pyridine rings is 1. The van der Waals surface area contributed by atoms with Crippen molar-refractivity contribution in [1.29, 1.82) is 0 Å². The predicted octanol–water partition coefficient (Wildman–Crippen LogP) is 2.87. The van der Waals surface area contributed by atoms with Crippen LogP contribution in [0.2, 0.25) is 0 Å². The molecule has 0 radical (unpaired) electrons. The van der Waals surface area contributed by atoms with Crippen molar-refractivity contribution in [3.63, 3.8) is 0 Å². The average Bonchev–Trinajstić information content (AvgIpc) is 2.30. The van der Waals surface area contributed by atoms with E-state index in [0.717, 1.165) is 17.4 Å². The minimum absolute atomic E-state index is 0.675. The lowest BCUT2D eigenvalue weighted by Gasteiger charge is -2.03. The van der Waals surface area contributed by atoms with Crippen molar-refractivity contribution < 1.29 is 4.79 Å². The van der Waals surface area contributed by atoms with Crippen molar-refractivity contribution in [1.82, 2.24) is 4.98 Å². The van der Waals surface area contributed by atoms with Gasteiger partial charge in [0.15, 0.2) is 6.29 Å². The molecule has 1 heterocycles. The molecular formula is C13H11NO. The lowest BCUT2D eigenvalue weighted by atomic mass is 10.0. The summed E-state index contributed by atoms with van der Waals surface area (Å²) in [4.78, 5) is 14.9. The normalized spacial score (nSPS) is 9.93. The Kier molecular flexibility index (Phi) is 2.59. The number of aryl methyl sites for hydroxylation is 1. The summed E-state index contributed by atoms with van der Waals surface area (Å²) >= 11 is 0. The summed E-state index contributed by atoms with van der Waals surface area (Å²) in [6, 6.07) is 9.77. The zero-order valence-electron chi connectivity index (χ0n) is 8.47. The fraction of sp³-hybridized carbons (Fsp3) is 0.0769. The number of carbonyl (C=O) groups is 1. The molecule has 0 N–H and O–H groups in total. The Bertz CT molecular complexity index is 474. The summed E-state index contributed by atoms with van der Waals surface area (Å²) in [6.07, 6.45) is 4.20. The molecule has 74 valence electrons. The summed E-state index contributed by atoms with van der Waals surface area (Å²) in [5.74, 6) is 0. The molecule has 2 nitrogen and oxygen atoms in total. The Morgan fingerprint density at radius 3 is 2.53 bits per heavy atom. The number of benzene rings is 1. The Labute approximate surface area is 88.6 Å². The van der Waals surface area contributed by atoms with E-state index in [1.165, 1.54) is 5.56 Å². The molecule has 2 heteroatoms.